The van der Waals surface area contributed by atoms with Gasteiger partial charge in [0.05, 0.1) is 18.8 Å². The third kappa shape index (κ3) is 5.54. The summed E-state index contributed by atoms with van der Waals surface area (Å²) in [5.41, 5.74) is 6.34. The van der Waals surface area contributed by atoms with E-state index in [1.165, 1.54) is 7.05 Å². The summed E-state index contributed by atoms with van der Waals surface area (Å²) in [7, 11) is 1.21. The Morgan fingerprint density at radius 2 is 2.00 bits per heavy atom. The van der Waals surface area contributed by atoms with E-state index >= 15 is 0 Å². The van der Waals surface area contributed by atoms with Crippen LogP contribution in [0.3, 0.4) is 0 Å². The Balaban J connectivity index is 2.66. The van der Waals surface area contributed by atoms with Gasteiger partial charge in [-0.1, -0.05) is 24.4 Å². The van der Waals surface area contributed by atoms with E-state index in [1.807, 2.05) is 0 Å². The standard InChI is InChI=1S/C12H14F3N3OS/c1-18(7-12(13,14)15)6-10(19)17-9-5-3-2-4-8(9)11(16)20/h2-5H,6-7H2,1H3,(H2,16,20)(H,17,19). The number of para-hydroxylation sites is 1. The van der Waals surface area contributed by atoms with Crippen LogP contribution >= 0.6 is 12.2 Å². The normalized spacial score (nSPS) is 11.4. The van der Waals surface area contributed by atoms with Crippen molar-refractivity contribution in [3.8, 4) is 0 Å². The second-order valence-electron chi connectivity index (χ2n) is 4.25. The number of anilines is 1. The van der Waals surface area contributed by atoms with Gasteiger partial charge in [0, 0.05) is 5.56 Å². The van der Waals surface area contributed by atoms with E-state index in [9.17, 15) is 18.0 Å². The molecule has 0 spiro atoms. The summed E-state index contributed by atoms with van der Waals surface area (Å²) in [4.78, 5) is 12.7. The molecule has 0 saturated carbocycles. The fraction of sp³-hybridized carbons (Fsp3) is 0.333. The fourth-order valence-corrected chi connectivity index (χ4v) is 1.78. The van der Waals surface area contributed by atoms with Gasteiger partial charge in [0.2, 0.25) is 5.91 Å². The molecule has 0 bridgehead atoms. The minimum absolute atomic E-state index is 0.101. The highest BCUT2D eigenvalue weighted by Crippen LogP contribution is 2.16. The molecule has 4 nitrogen and oxygen atoms in total. The molecule has 0 saturated heterocycles. The van der Waals surface area contributed by atoms with Crippen LogP contribution in [0.15, 0.2) is 24.3 Å². The molecule has 110 valence electrons. The first-order valence-electron chi connectivity index (χ1n) is 5.63. The van der Waals surface area contributed by atoms with Gasteiger partial charge in [-0.25, -0.2) is 0 Å². The molecule has 20 heavy (non-hydrogen) atoms. The topological polar surface area (TPSA) is 58.4 Å². The van der Waals surface area contributed by atoms with Crippen LogP contribution in [0, 0.1) is 0 Å². The lowest BCUT2D eigenvalue weighted by molar-refractivity contribution is -0.145. The number of alkyl halides is 3. The van der Waals surface area contributed by atoms with Crippen molar-refractivity contribution >= 4 is 28.8 Å². The zero-order valence-corrected chi connectivity index (χ0v) is 11.5. The molecule has 0 aliphatic rings. The zero-order valence-electron chi connectivity index (χ0n) is 10.7. The van der Waals surface area contributed by atoms with Gasteiger partial charge in [0.1, 0.15) is 4.99 Å². The molecule has 3 N–H and O–H groups in total. The number of rotatable bonds is 5. The minimum atomic E-state index is -4.34. The van der Waals surface area contributed by atoms with Crippen molar-refractivity contribution in [1.29, 1.82) is 0 Å². The number of nitrogens with two attached hydrogens (primary N) is 1. The van der Waals surface area contributed by atoms with E-state index < -0.39 is 18.6 Å². The van der Waals surface area contributed by atoms with E-state index in [4.69, 9.17) is 18.0 Å². The molecule has 0 aliphatic heterocycles. The minimum Gasteiger partial charge on any atom is -0.389 e. The maximum atomic E-state index is 12.1. The number of likely N-dealkylation sites (N-methyl/N-ethyl adjacent to an activating group) is 1. The second-order valence-corrected chi connectivity index (χ2v) is 4.69. The molecule has 0 aliphatic carbocycles. The van der Waals surface area contributed by atoms with Crippen molar-refractivity contribution in [1.82, 2.24) is 4.90 Å². The van der Waals surface area contributed by atoms with Crippen LogP contribution < -0.4 is 11.1 Å². The molecule has 8 heteroatoms. The van der Waals surface area contributed by atoms with Crippen molar-refractivity contribution < 1.29 is 18.0 Å². The lowest BCUT2D eigenvalue weighted by atomic mass is 10.2. The number of carbonyl (C=O) groups excluding carboxylic acids is 1. The van der Waals surface area contributed by atoms with Crippen molar-refractivity contribution in [2.45, 2.75) is 6.18 Å². The first-order chi connectivity index (χ1) is 9.19. The van der Waals surface area contributed by atoms with Crippen LogP contribution in [-0.2, 0) is 4.79 Å². The average Bonchev–Trinajstić information content (AvgIpc) is 2.26. The highest BCUT2D eigenvalue weighted by molar-refractivity contribution is 7.80. The van der Waals surface area contributed by atoms with E-state index in [2.05, 4.69) is 5.32 Å². The van der Waals surface area contributed by atoms with Crippen LogP contribution in [0.4, 0.5) is 18.9 Å². The SMILES string of the molecule is CN(CC(=O)Nc1ccccc1C(N)=S)CC(F)(F)F. The van der Waals surface area contributed by atoms with Gasteiger partial charge < -0.3 is 11.1 Å². The summed E-state index contributed by atoms with van der Waals surface area (Å²) in [6.45, 7) is -1.54. The lowest BCUT2D eigenvalue weighted by Gasteiger charge is -2.18. The first-order valence-corrected chi connectivity index (χ1v) is 6.04. The highest BCUT2D eigenvalue weighted by atomic mass is 32.1. The molecule has 0 unspecified atom stereocenters. The molecular weight excluding hydrogens is 291 g/mol. The number of benzene rings is 1. The third-order valence-electron chi connectivity index (χ3n) is 2.33. The predicted octanol–water partition coefficient (Wildman–Crippen LogP) is 1.75. The van der Waals surface area contributed by atoms with Gasteiger partial charge in [-0.15, -0.1) is 0 Å². The number of nitrogens with one attached hydrogen (secondary N) is 1. The van der Waals surface area contributed by atoms with Crippen LogP contribution in [0.25, 0.3) is 0 Å². The summed E-state index contributed by atoms with van der Waals surface area (Å²) >= 11 is 4.83. The number of nitrogens with zero attached hydrogens (tertiary/aromatic N) is 1. The van der Waals surface area contributed by atoms with Gasteiger partial charge in [-0.2, -0.15) is 13.2 Å². The van der Waals surface area contributed by atoms with Gasteiger partial charge in [-0.05, 0) is 19.2 Å². The molecular formula is C12H14F3N3OS. The Morgan fingerprint density at radius 1 is 1.40 bits per heavy atom. The molecule has 1 amide bonds. The van der Waals surface area contributed by atoms with Crippen LogP contribution in [0.1, 0.15) is 5.56 Å². The molecule has 0 fully saturated rings. The largest absolute Gasteiger partial charge is 0.401 e. The van der Waals surface area contributed by atoms with Gasteiger partial charge in [0.15, 0.2) is 0 Å². The summed E-state index contributed by atoms with van der Waals surface area (Å²) in [6.07, 6.45) is -4.34. The van der Waals surface area contributed by atoms with Gasteiger partial charge in [-0.3, -0.25) is 9.69 Å². The van der Waals surface area contributed by atoms with Crippen LogP contribution in [0.2, 0.25) is 0 Å². The molecule has 1 aromatic rings. The molecule has 1 rings (SSSR count). The molecule has 0 aromatic heterocycles. The molecule has 0 radical (unpaired) electrons. The first kappa shape index (κ1) is 16.4. The van der Waals surface area contributed by atoms with E-state index in [0.717, 1.165) is 4.90 Å². The molecule has 0 atom stereocenters. The maximum absolute atomic E-state index is 12.1. The van der Waals surface area contributed by atoms with E-state index in [0.29, 0.717) is 11.3 Å². The second kappa shape index (κ2) is 6.67. The smallest absolute Gasteiger partial charge is 0.389 e. The Bertz CT molecular complexity index is 505. The monoisotopic (exact) mass is 305 g/mol. The number of hydrogen-bond donors (Lipinski definition) is 2. The Hall–Kier alpha value is -1.67. The average molecular weight is 305 g/mol. The highest BCUT2D eigenvalue weighted by Gasteiger charge is 2.29. The Morgan fingerprint density at radius 3 is 2.55 bits per heavy atom. The summed E-state index contributed by atoms with van der Waals surface area (Å²) in [5, 5.41) is 2.49. The predicted molar refractivity (Wildman–Crippen MR) is 74.5 cm³/mol. The zero-order chi connectivity index (χ0) is 15.3. The summed E-state index contributed by atoms with van der Waals surface area (Å²) < 4.78 is 36.4. The number of carbonyl (C=O) groups is 1. The quantitative estimate of drug-likeness (QED) is 0.814. The van der Waals surface area contributed by atoms with Gasteiger partial charge >= 0.3 is 6.18 Å². The fourth-order valence-electron chi connectivity index (χ4n) is 1.60. The van der Waals surface area contributed by atoms with Crippen LogP contribution in [-0.4, -0.2) is 42.1 Å². The number of hydrogen-bond acceptors (Lipinski definition) is 3. The van der Waals surface area contributed by atoms with Crippen molar-refractivity contribution in [2.24, 2.45) is 5.73 Å². The van der Waals surface area contributed by atoms with E-state index in [1.54, 1.807) is 24.3 Å². The third-order valence-corrected chi connectivity index (χ3v) is 2.55. The number of amides is 1. The van der Waals surface area contributed by atoms with Crippen molar-refractivity contribution in [3.05, 3.63) is 29.8 Å². The molecule has 0 heterocycles. The lowest BCUT2D eigenvalue weighted by Crippen LogP contribution is -2.37. The summed E-state index contributed by atoms with van der Waals surface area (Å²) in [6, 6.07) is 6.56. The Kier molecular flexibility index (Phi) is 5.46. The Labute approximate surface area is 119 Å². The summed E-state index contributed by atoms with van der Waals surface area (Å²) in [5.74, 6) is -0.569. The van der Waals surface area contributed by atoms with E-state index in [-0.39, 0.29) is 11.5 Å². The van der Waals surface area contributed by atoms with Crippen LogP contribution in [0.5, 0.6) is 0 Å². The van der Waals surface area contributed by atoms with Gasteiger partial charge in [0.25, 0.3) is 0 Å². The number of thiocarbonyl (C=S) groups is 1. The number of halogens is 3. The van der Waals surface area contributed by atoms with Crippen molar-refractivity contribution in [2.75, 3.05) is 25.5 Å². The maximum Gasteiger partial charge on any atom is 0.401 e. The molecule has 1 aromatic carbocycles. The van der Waals surface area contributed by atoms with Crippen molar-refractivity contribution in [3.63, 3.8) is 0 Å².